The highest BCUT2D eigenvalue weighted by molar-refractivity contribution is 6.33. The Morgan fingerprint density at radius 3 is 2.69 bits per heavy atom. The van der Waals surface area contributed by atoms with Crippen molar-refractivity contribution in [2.75, 3.05) is 19.0 Å². The molecule has 1 aliphatic rings. The molecule has 0 radical (unpaired) electrons. The standard InChI is InChI=1S/C21H19ClF3N3O/c1-29-18-8-3-2-7-17(18)28-20-14(6-4-5-11-26-20)19(27-28)15-12-13(21(23,24)25)9-10-16(15)22/h2-3,7-10,12,26H,4-6,11H2,1H3. The molecule has 0 saturated carbocycles. The van der Waals surface area contributed by atoms with E-state index in [0.717, 1.165) is 42.9 Å². The van der Waals surface area contributed by atoms with Gasteiger partial charge in [0.15, 0.2) is 0 Å². The number of ether oxygens (including phenoxy) is 1. The van der Waals surface area contributed by atoms with E-state index < -0.39 is 11.7 Å². The molecule has 0 bridgehead atoms. The van der Waals surface area contributed by atoms with Crippen LogP contribution in [0.4, 0.5) is 19.0 Å². The molecule has 0 unspecified atom stereocenters. The van der Waals surface area contributed by atoms with E-state index in [1.807, 2.05) is 24.3 Å². The Bertz CT molecular complexity index is 1050. The molecule has 4 rings (SSSR count). The molecule has 0 atom stereocenters. The fourth-order valence-corrected chi connectivity index (χ4v) is 3.79. The summed E-state index contributed by atoms with van der Waals surface area (Å²) in [4.78, 5) is 0. The molecule has 1 aliphatic heterocycles. The Kier molecular flexibility index (Phi) is 5.17. The van der Waals surface area contributed by atoms with Gasteiger partial charge < -0.3 is 10.1 Å². The summed E-state index contributed by atoms with van der Waals surface area (Å²) in [5.41, 5.74) is 1.54. The van der Waals surface area contributed by atoms with Gasteiger partial charge >= 0.3 is 6.18 Å². The highest BCUT2D eigenvalue weighted by Gasteiger charge is 2.32. The summed E-state index contributed by atoms with van der Waals surface area (Å²) < 4.78 is 47.0. The molecule has 29 heavy (non-hydrogen) atoms. The van der Waals surface area contributed by atoms with Crippen LogP contribution in [0.25, 0.3) is 16.9 Å². The van der Waals surface area contributed by atoms with Gasteiger partial charge in [-0.05, 0) is 49.6 Å². The second kappa shape index (κ2) is 7.63. The highest BCUT2D eigenvalue weighted by atomic mass is 35.5. The molecule has 0 amide bonds. The number of fused-ring (bicyclic) bond motifs is 1. The molecule has 4 nitrogen and oxygen atoms in total. The lowest BCUT2D eigenvalue weighted by Crippen LogP contribution is -2.08. The third-order valence-electron chi connectivity index (χ3n) is 4.99. The normalized spacial score (nSPS) is 14.1. The Balaban J connectivity index is 1.95. The first kappa shape index (κ1) is 19.6. The van der Waals surface area contributed by atoms with E-state index in [2.05, 4.69) is 10.4 Å². The summed E-state index contributed by atoms with van der Waals surface area (Å²) in [6.45, 7) is 0.754. The molecule has 1 N–H and O–H groups in total. The first-order valence-electron chi connectivity index (χ1n) is 9.26. The van der Waals surface area contributed by atoms with Crippen molar-refractivity contribution in [1.29, 1.82) is 0 Å². The largest absolute Gasteiger partial charge is 0.494 e. The zero-order valence-corrected chi connectivity index (χ0v) is 16.4. The summed E-state index contributed by atoms with van der Waals surface area (Å²) in [5, 5.41) is 8.30. The van der Waals surface area contributed by atoms with Crippen LogP contribution < -0.4 is 10.1 Å². The summed E-state index contributed by atoms with van der Waals surface area (Å²) >= 11 is 6.32. The van der Waals surface area contributed by atoms with E-state index >= 15 is 0 Å². The van der Waals surface area contributed by atoms with E-state index in [-0.39, 0.29) is 10.6 Å². The molecule has 0 saturated heterocycles. The molecular formula is C21H19ClF3N3O. The smallest absolute Gasteiger partial charge is 0.416 e. The molecule has 0 fully saturated rings. The van der Waals surface area contributed by atoms with Gasteiger partial charge in [0.2, 0.25) is 0 Å². The molecule has 3 aromatic rings. The van der Waals surface area contributed by atoms with Crippen LogP contribution in [-0.2, 0) is 12.6 Å². The van der Waals surface area contributed by atoms with Gasteiger partial charge in [-0.15, -0.1) is 0 Å². The van der Waals surface area contributed by atoms with Crippen molar-refractivity contribution in [3.8, 4) is 22.7 Å². The number of halogens is 4. The van der Waals surface area contributed by atoms with Crippen LogP contribution in [0.1, 0.15) is 24.0 Å². The van der Waals surface area contributed by atoms with Crippen molar-refractivity contribution < 1.29 is 17.9 Å². The van der Waals surface area contributed by atoms with Crippen molar-refractivity contribution in [2.45, 2.75) is 25.4 Å². The van der Waals surface area contributed by atoms with Crippen LogP contribution in [0.3, 0.4) is 0 Å². The number of rotatable bonds is 3. The van der Waals surface area contributed by atoms with Gasteiger partial charge in [-0.25, -0.2) is 4.68 Å². The minimum absolute atomic E-state index is 0.231. The number of hydrogen-bond donors (Lipinski definition) is 1. The monoisotopic (exact) mass is 421 g/mol. The summed E-state index contributed by atoms with van der Waals surface area (Å²) in [6.07, 6.45) is -1.91. The van der Waals surface area contributed by atoms with Gasteiger partial charge in [0, 0.05) is 17.7 Å². The van der Waals surface area contributed by atoms with E-state index in [4.69, 9.17) is 16.3 Å². The lowest BCUT2D eigenvalue weighted by Gasteiger charge is -2.12. The summed E-state index contributed by atoms with van der Waals surface area (Å²) in [7, 11) is 1.57. The molecule has 1 aromatic heterocycles. The topological polar surface area (TPSA) is 39.1 Å². The average Bonchev–Trinajstić information content (AvgIpc) is 2.88. The van der Waals surface area contributed by atoms with Gasteiger partial charge in [-0.3, -0.25) is 0 Å². The zero-order valence-electron chi connectivity index (χ0n) is 15.7. The Morgan fingerprint density at radius 2 is 1.93 bits per heavy atom. The minimum Gasteiger partial charge on any atom is -0.494 e. The van der Waals surface area contributed by atoms with E-state index in [0.29, 0.717) is 23.6 Å². The SMILES string of the molecule is COc1ccccc1-n1nc(-c2cc(C(F)(F)F)ccc2Cl)c2c1NCCCC2. The second-order valence-corrected chi connectivity index (χ2v) is 7.24. The number of methoxy groups -OCH3 is 1. The lowest BCUT2D eigenvalue weighted by atomic mass is 10.0. The molecule has 2 heterocycles. The number of nitrogens with one attached hydrogen (secondary N) is 1. The first-order valence-corrected chi connectivity index (χ1v) is 9.64. The Labute approximate surface area is 171 Å². The summed E-state index contributed by atoms with van der Waals surface area (Å²) in [6, 6.07) is 10.7. The number of para-hydroxylation sites is 2. The van der Waals surface area contributed by atoms with Gasteiger partial charge in [0.25, 0.3) is 0 Å². The molecule has 8 heteroatoms. The van der Waals surface area contributed by atoms with E-state index in [1.54, 1.807) is 11.8 Å². The molecule has 152 valence electrons. The molecule has 0 aliphatic carbocycles. The average molecular weight is 422 g/mol. The maximum atomic E-state index is 13.3. The zero-order chi connectivity index (χ0) is 20.6. The van der Waals surface area contributed by atoms with Gasteiger partial charge in [0.1, 0.15) is 17.3 Å². The van der Waals surface area contributed by atoms with Crippen molar-refractivity contribution in [3.63, 3.8) is 0 Å². The van der Waals surface area contributed by atoms with Crippen molar-refractivity contribution in [2.24, 2.45) is 0 Å². The lowest BCUT2D eigenvalue weighted by molar-refractivity contribution is -0.137. The number of benzene rings is 2. The van der Waals surface area contributed by atoms with Gasteiger partial charge in [0.05, 0.1) is 23.4 Å². The third-order valence-corrected chi connectivity index (χ3v) is 5.32. The molecule has 2 aromatic carbocycles. The quantitative estimate of drug-likeness (QED) is 0.566. The van der Waals surface area contributed by atoms with Crippen LogP contribution in [0, 0.1) is 0 Å². The van der Waals surface area contributed by atoms with Gasteiger partial charge in [-0.1, -0.05) is 23.7 Å². The predicted octanol–water partition coefficient (Wildman–Crippen LogP) is 5.97. The van der Waals surface area contributed by atoms with Crippen molar-refractivity contribution >= 4 is 17.4 Å². The first-order chi connectivity index (χ1) is 13.9. The van der Waals surface area contributed by atoms with Crippen molar-refractivity contribution in [3.05, 3.63) is 58.6 Å². The molecular weight excluding hydrogens is 403 g/mol. The number of anilines is 1. The van der Waals surface area contributed by atoms with Crippen molar-refractivity contribution in [1.82, 2.24) is 9.78 Å². The van der Waals surface area contributed by atoms with Crippen LogP contribution in [0.2, 0.25) is 5.02 Å². The second-order valence-electron chi connectivity index (χ2n) is 6.84. The third kappa shape index (κ3) is 3.67. The highest BCUT2D eigenvalue weighted by Crippen LogP contribution is 2.40. The summed E-state index contributed by atoms with van der Waals surface area (Å²) in [5.74, 6) is 1.38. The number of hydrogen-bond acceptors (Lipinski definition) is 3. The van der Waals surface area contributed by atoms with E-state index in [1.165, 1.54) is 6.07 Å². The fourth-order valence-electron chi connectivity index (χ4n) is 3.58. The van der Waals surface area contributed by atoms with E-state index in [9.17, 15) is 13.2 Å². The number of nitrogens with zero attached hydrogens (tertiary/aromatic N) is 2. The van der Waals surface area contributed by atoms with Crippen LogP contribution in [0.15, 0.2) is 42.5 Å². The predicted molar refractivity (Wildman–Crippen MR) is 107 cm³/mol. The van der Waals surface area contributed by atoms with Gasteiger partial charge in [-0.2, -0.15) is 18.3 Å². The van der Waals surface area contributed by atoms with Crippen LogP contribution >= 0.6 is 11.6 Å². The Hall–Kier alpha value is -2.67. The fraction of sp³-hybridized carbons (Fsp3) is 0.286. The number of aromatic nitrogens is 2. The van der Waals surface area contributed by atoms with Crippen LogP contribution in [0.5, 0.6) is 5.75 Å². The maximum absolute atomic E-state index is 13.3. The minimum atomic E-state index is -4.46. The van der Waals surface area contributed by atoms with Crippen LogP contribution in [-0.4, -0.2) is 23.4 Å². The Morgan fingerprint density at radius 1 is 1.14 bits per heavy atom. The number of alkyl halides is 3. The maximum Gasteiger partial charge on any atom is 0.416 e. The molecule has 0 spiro atoms.